The van der Waals surface area contributed by atoms with E-state index >= 15 is 0 Å². The highest BCUT2D eigenvalue weighted by Crippen LogP contribution is 2.32. The number of benzene rings is 1. The van der Waals surface area contributed by atoms with Gasteiger partial charge in [-0.2, -0.15) is 8.42 Å². The predicted octanol–water partition coefficient (Wildman–Crippen LogP) is 1.62. The molecule has 0 radical (unpaired) electrons. The van der Waals surface area contributed by atoms with Crippen molar-refractivity contribution in [2.24, 2.45) is 0 Å². The van der Waals surface area contributed by atoms with Crippen LogP contribution in [0.15, 0.2) is 29.2 Å². The molecule has 1 aliphatic rings. The van der Waals surface area contributed by atoms with Gasteiger partial charge in [-0.3, -0.25) is 4.18 Å². The fourth-order valence-corrected chi connectivity index (χ4v) is 2.67. The summed E-state index contributed by atoms with van der Waals surface area (Å²) in [5.41, 5.74) is 0.0409. The number of aliphatic hydroxyl groups is 1. The predicted molar refractivity (Wildman–Crippen MR) is 63.1 cm³/mol. The second-order valence-electron chi connectivity index (χ2n) is 4.61. The molecule has 4 nitrogen and oxygen atoms in total. The molecule has 0 atom stereocenters. The van der Waals surface area contributed by atoms with Gasteiger partial charge in [0.25, 0.3) is 10.1 Å². The van der Waals surface area contributed by atoms with Crippen LogP contribution in [-0.2, 0) is 14.3 Å². The normalized spacial score (nSPS) is 18.7. The molecular formula is C12H16O4S. The Labute approximate surface area is 101 Å². The van der Waals surface area contributed by atoms with Crippen LogP contribution in [0.1, 0.15) is 24.8 Å². The smallest absolute Gasteiger partial charge is 0.297 e. The van der Waals surface area contributed by atoms with Crippen LogP contribution < -0.4 is 0 Å². The molecule has 0 amide bonds. The van der Waals surface area contributed by atoms with Gasteiger partial charge in [0.15, 0.2) is 0 Å². The average Bonchev–Trinajstić information content (AvgIpc) is 2.24. The molecule has 94 valence electrons. The van der Waals surface area contributed by atoms with Crippen molar-refractivity contribution in [2.75, 3.05) is 6.61 Å². The first kappa shape index (κ1) is 12.5. The first-order valence-electron chi connectivity index (χ1n) is 5.60. The molecule has 2 rings (SSSR count). The summed E-state index contributed by atoms with van der Waals surface area (Å²) in [6.07, 6.45) is 2.14. The quantitative estimate of drug-likeness (QED) is 0.831. The summed E-state index contributed by atoms with van der Waals surface area (Å²) in [7, 11) is -3.75. The topological polar surface area (TPSA) is 63.6 Å². The average molecular weight is 256 g/mol. The van der Waals surface area contributed by atoms with Crippen molar-refractivity contribution >= 4 is 10.1 Å². The summed E-state index contributed by atoms with van der Waals surface area (Å²) >= 11 is 0. The van der Waals surface area contributed by atoms with Crippen LogP contribution in [0.2, 0.25) is 0 Å². The Hall–Kier alpha value is -0.910. The van der Waals surface area contributed by atoms with Crippen LogP contribution >= 0.6 is 0 Å². The van der Waals surface area contributed by atoms with Crippen molar-refractivity contribution in [1.29, 1.82) is 0 Å². The minimum Gasteiger partial charge on any atom is -0.387 e. The molecule has 0 aromatic heterocycles. The van der Waals surface area contributed by atoms with E-state index in [1.165, 1.54) is 12.1 Å². The summed E-state index contributed by atoms with van der Waals surface area (Å²) in [5, 5.41) is 9.77. The highest BCUT2D eigenvalue weighted by atomic mass is 32.2. The Balaban J connectivity index is 2.06. The molecule has 1 aromatic rings. The summed E-state index contributed by atoms with van der Waals surface area (Å²) in [5.74, 6) is 0. The molecule has 1 aliphatic carbocycles. The fraction of sp³-hybridized carbons (Fsp3) is 0.500. The summed E-state index contributed by atoms with van der Waals surface area (Å²) < 4.78 is 28.5. The lowest BCUT2D eigenvalue weighted by Crippen LogP contribution is -2.42. The van der Waals surface area contributed by atoms with Crippen molar-refractivity contribution in [3.05, 3.63) is 29.8 Å². The van der Waals surface area contributed by atoms with Gasteiger partial charge in [0, 0.05) is 0 Å². The molecule has 0 spiro atoms. The molecule has 1 N–H and O–H groups in total. The highest BCUT2D eigenvalue weighted by Gasteiger charge is 2.36. The first-order chi connectivity index (χ1) is 7.91. The molecule has 0 aliphatic heterocycles. The molecule has 0 bridgehead atoms. The standard InChI is InChI=1S/C12H16O4S/c1-10-3-5-11(6-4-10)17(14,15)16-9-12(13)7-2-8-12/h3-6,13H,2,7-9H2,1H3. The van der Waals surface area contributed by atoms with Gasteiger partial charge in [-0.1, -0.05) is 17.7 Å². The third kappa shape index (κ3) is 2.86. The van der Waals surface area contributed by atoms with Crippen molar-refractivity contribution in [2.45, 2.75) is 36.7 Å². The van der Waals surface area contributed by atoms with Gasteiger partial charge in [0.2, 0.25) is 0 Å². The van der Waals surface area contributed by atoms with E-state index in [-0.39, 0.29) is 11.5 Å². The van der Waals surface area contributed by atoms with Crippen LogP contribution in [0, 0.1) is 6.92 Å². The van der Waals surface area contributed by atoms with E-state index in [0.29, 0.717) is 12.8 Å². The number of rotatable bonds is 4. The van der Waals surface area contributed by atoms with E-state index in [1.54, 1.807) is 12.1 Å². The molecular weight excluding hydrogens is 240 g/mol. The maximum Gasteiger partial charge on any atom is 0.297 e. The zero-order chi connectivity index (χ0) is 12.5. The molecule has 0 unspecified atom stereocenters. The zero-order valence-electron chi connectivity index (χ0n) is 9.72. The van der Waals surface area contributed by atoms with E-state index in [4.69, 9.17) is 4.18 Å². The Bertz CT molecular complexity index is 486. The molecule has 1 aromatic carbocycles. The third-order valence-corrected chi connectivity index (χ3v) is 4.35. The minimum atomic E-state index is -3.75. The van der Waals surface area contributed by atoms with Gasteiger partial charge in [0.1, 0.15) is 0 Å². The highest BCUT2D eigenvalue weighted by molar-refractivity contribution is 7.86. The molecule has 1 saturated carbocycles. The summed E-state index contributed by atoms with van der Waals surface area (Å²) in [6, 6.07) is 6.45. The largest absolute Gasteiger partial charge is 0.387 e. The van der Waals surface area contributed by atoms with Crippen LogP contribution in [0.4, 0.5) is 0 Å². The van der Waals surface area contributed by atoms with Crippen LogP contribution in [0.25, 0.3) is 0 Å². The third-order valence-electron chi connectivity index (χ3n) is 3.08. The van der Waals surface area contributed by atoms with Crippen molar-refractivity contribution in [3.8, 4) is 0 Å². The van der Waals surface area contributed by atoms with Crippen LogP contribution in [0.5, 0.6) is 0 Å². The molecule has 1 fully saturated rings. The van der Waals surface area contributed by atoms with Crippen molar-refractivity contribution in [1.82, 2.24) is 0 Å². The van der Waals surface area contributed by atoms with Gasteiger partial charge in [-0.05, 0) is 38.3 Å². The Morgan fingerprint density at radius 1 is 1.29 bits per heavy atom. The number of hydrogen-bond donors (Lipinski definition) is 1. The van der Waals surface area contributed by atoms with E-state index < -0.39 is 15.7 Å². The van der Waals surface area contributed by atoms with Crippen LogP contribution in [0.3, 0.4) is 0 Å². The summed E-state index contributed by atoms with van der Waals surface area (Å²) in [6.45, 7) is 1.73. The van der Waals surface area contributed by atoms with Gasteiger partial charge < -0.3 is 5.11 Å². The monoisotopic (exact) mass is 256 g/mol. The lowest BCUT2D eigenvalue weighted by molar-refractivity contribution is -0.0649. The Morgan fingerprint density at radius 2 is 1.88 bits per heavy atom. The van der Waals surface area contributed by atoms with Gasteiger partial charge in [-0.25, -0.2) is 0 Å². The van der Waals surface area contributed by atoms with Crippen molar-refractivity contribution in [3.63, 3.8) is 0 Å². The van der Waals surface area contributed by atoms with Gasteiger partial charge in [0.05, 0.1) is 17.1 Å². The van der Waals surface area contributed by atoms with E-state index in [0.717, 1.165) is 12.0 Å². The fourth-order valence-electron chi connectivity index (χ4n) is 1.69. The first-order valence-corrected chi connectivity index (χ1v) is 7.01. The molecule has 0 heterocycles. The Kier molecular flexibility index (Phi) is 3.25. The molecule has 17 heavy (non-hydrogen) atoms. The minimum absolute atomic E-state index is 0.131. The molecule has 0 saturated heterocycles. The zero-order valence-corrected chi connectivity index (χ0v) is 10.5. The Morgan fingerprint density at radius 3 is 2.35 bits per heavy atom. The van der Waals surface area contributed by atoms with E-state index in [2.05, 4.69) is 0 Å². The van der Waals surface area contributed by atoms with E-state index in [9.17, 15) is 13.5 Å². The second-order valence-corrected chi connectivity index (χ2v) is 6.22. The van der Waals surface area contributed by atoms with Gasteiger partial charge in [-0.15, -0.1) is 0 Å². The number of hydrogen-bond acceptors (Lipinski definition) is 4. The maximum atomic E-state index is 11.8. The second kappa shape index (κ2) is 4.40. The number of aryl methyl sites for hydroxylation is 1. The lowest BCUT2D eigenvalue weighted by Gasteiger charge is -2.35. The van der Waals surface area contributed by atoms with Crippen LogP contribution in [-0.4, -0.2) is 25.7 Å². The SMILES string of the molecule is Cc1ccc(S(=O)(=O)OCC2(O)CCC2)cc1. The lowest BCUT2D eigenvalue weighted by atomic mass is 9.81. The summed E-state index contributed by atoms with van der Waals surface area (Å²) in [4.78, 5) is 0.131. The van der Waals surface area contributed by atoms with E-state index in [1.807, 2.05) is 6.92 Å². The van der Waals surface area contributed by atoms with Gasteiger partial charge >= 0.3 is 0 Å². The maximum absolute atomic E-state index is 11.8. The van der Waals surface area contributed by atoms with Crippen molar-refractivity contribution < 1.29 is 17.7 Å². The molecule has 5 heteroatoms.